The lowest BCUT2D eigenvalue weighted by Gasteiger charge is -2.03. The van der Waals surface area contributed by atoms with Gasteiger partial charge in [0.2, 0.25) is 0 Å². The minimum Gasteiger partial charge on any atom is -0.382 e. The number of halogens is 1. The fourth-order valence-corrected chi connectivity index (χ4v) is 1.25. The maximum Gasteiger partial charge on any atom is 0.154 e. The van der Waals surface area contributed by atoms with Gasteiger partial charge in [-0.15, -0.1) is 5.10 Å². The summed E-state index contributed by atoms with van der Waals surface area (Å²) in [6.45, 7) is 0. The van der Waals surface area contributed by atoms with Gasteiger partial charge in [-0.25, -0.2) is 4.39 Å². The molecule has 4 heteroatoms. The second-order valence-electron chi connectivity index (χ2n) is 2.81. The maximum atomic E-state index is 13.4. The molecule has 2 N–H and O–H groups in total. The molecule has 0 aliphatic rings. The molecule has 1 aromatic heterocycles. The summed E-state index contributed by atoms with van der Waals surface area (Å²) < 4.78 is 13.4. The van der Waals surface area contributed by atoms with E-state index in [0.717, 1.165) is 0 Å². The molecule has 0 spiro atoms. The minimum absolute atomic E-state index is 0.234. The SMILES string of the molecule is Nc1nnccc1-c1ccccc1F. The summed E-state index contributed by atoms with van der Waals surface area (Å²) in [5, 5.41) is 7.26. The van der Waals surface area contributed by atoms with Crippen molar-refractivity contribution < 1.29 is 4.39 Å². The Hall–Kier alpha value is -1.97. The topological polar surface area (TPSA) is 51.8 Å². The number of nitrogens with zero attached hydrogens (tertiary/aromatic N) is 2. The Labute approximate surface area is 80.4 Å². The summed E-state index contributed by atoms with van der Waals surface area (Å²) in [6.07, 6.45) is 1.48. The lowest BCUT2D eigenvalue weighted by Crippen LogP contribution is -1.96. The molecular weight excluding hydrogens is 181 g/mol. The van der Waals surface area contributed by atoms with E-state index in [4.69, 9.17) is 5.73 Å². The summed E-state index contributed by atoms with van der Waals surface area (Å²) >= 11 is 0. The van der Waals surface area contributed by atoms with E-state index >= 15 is 0 Å². The number of nitrogen functional groups attached to an aromatic ring is 1. The molecule has 0 aliphatic heterocycles. The normalized spacial score (nSPS) is 10.1. The molecule has 70 valence electrons. The van der Waals surface area contributed by atoms with Crippen LogP contribution in [0.5, 0.6) is 0 Å². The molecule has 14 heavy (non-hydrogen) atoms. The van der Waals surface area contributed by atoms with E-state index in [2.05, 4.69) is 10.2 Å². The lowest BCUT2D eigenvalue weighted by molar-refractivity contribution is 0.631. The summed E-state index contributed by atoms with van der Waals surface area (Å²) in [4.78, 5) is 0. The van der Waals surface area contributed by atoms with Crippen LogP contribution in [-0.2, 0) is 0 Å². The first-order chi connectivity index (χ1) is 6.79. The van der Waals surface area contributed by atoms with Gasteiger partial charge in [-0.2, -0.15) is 5.10 Å². The molecule has 0 unspecified atom stereocenters. The van der Waals surface area contributed by atoms with Gasteiger partial charge in [-0.1, -0.05) is 18.2 Å². The van der Waals surface area contributed by atoms with Crippen LogP contribution in [0, 0.1) is 5.82 Å². The molecule has 0 amide bonds. The number of benzene rings is 1. The van der Waals surface area contributed by atoms with Gasteiger partial charge in [0.1, 0.15) is 5.82 Å². The summed E-state index contributed by atoms with van der Waals surface area (Å²) in [6, 6.07) is 8.06. The van der Waals surface area contributed by atoms with E-state index in [1.807, 2.05) is 0 Å². The van der Waals surface area contributed by atoms with Crippen LogP contribution in [0.15, 0.2) is 36.5 Å². The average Bonchev–Trinajstić information content (AvgIpc) is 2.20. The molecule has 0 radical (unpaired) electrons. The zero-order valence-corrected chi connectivity index (χ0v) is 7.31. The first-order valence-electron chi connectivity index (χ1n) is 4.11. The monoisotopic (exact) mass is 189 g/mol. The number of nitrogens with two attached hydrogens (primary N) is 1. The van der Waals surface area contributed by atoms with Gasteiger partial charge in [-0.05, 0) is 12.1 Å². The Kier molecular flexibility index (Phi) is 2.10. The predicted molar refractivity (Wildman–Crippen MR) is 51.8 cm³/mol. The summed E-state index contributed by atoms with van der Waals surface area (Å²) in [7, 11) is 0. The molecule has 2 aromatic rings. The fourth-order valence-electron chi connectivity index (χ4n) is 1.25. The Balaban J connectivity index is 2.61. The molecule has 1 aromatic carbocycles. The fraction of sp³-hybridized carbons (Fsp3) is 0. The highest BCUT2D eigenvalue weighted by Crippen LogP contribution is 2.25. The van der Waals surface area contributed by atoms with Crippen molar-refractivity contribution in [3.05, 3.63) is 42.3 Å². The molecule has 0 aliphatic carbocycles. The molecule has 0 bridgehead atoms. The Morgan fingerprint density at radius 1 is 1.07 bits per heavy atom. The van der Waals surface area contributed by atoms with Gasteiger partial charge >= 0.3 is 0 Å². The van der Waals surface area contributed by atoms with Gasteiger partial charge in [-0.3, -0.25) is 0 Å². The molecule has 0 atom stereocenters. The predicted octanol–water partition coefficient (Wildman–Crippen LogP) is 1.86. The van der Waals surface area contributed by atoms with Crippen LogP contribution in [-0.4, -0.2) is 10.2 Å². The van der Waals surface area contributed by atoms with Crippen LogP contribution in [0.1, 0.15) is 0 Å². The third kappa shape index (κ3) is 1.42. The number of rotatable bonds is 1. The zero-order valence-electron chi connectivity index (χ0n) is 7.31. The highest BCUT2D eigenvalue weighted by Gasteiger charge is 2.07. The standard InChI is InChI=1S/C10H8FN3/c11-9-4-2-1-3-7(9)8-5-6-13-14-10(8)12/h1-6H,(H2,12,14). The van der Waals surface area contributed by atoms with E-state index in [9.17, 15) is 4.39 Å². The summed E-state index contributed by atoms with van der Waals surface area (Å²) in [5.41, 5.74) is 6.59. The number of hydrogen-bond donors (Lipinski definition) is 1. The van der Waals surface area contributed by atoms with Gasteiger partial charge in [0.05, 0.1) is 6.20 Å². The van der Waals surface area contributed by atoms with Crippen molar-refractivity contribution >= 4 is 5.82 Å². The van der Waals surface area contributed by atoms with Gasteiger partial charge in [0.25, 0.3) is 0 Å². The summed E-state index contributed by atoms with van der Waals surface area (Å²) in [5.74, 6) is -0.0789. The molecule has 3 nitrogen and oxygen atoms in total. The molecule has 1 heterocycles. The smallest absolute Gasteiger partial charge is 0.154 e. The average molecular weight is 189 g/mol. The second kappa shape index (κ2) is 3.41. The zero-order chi connectivity index (χ0) is 9.97. The van der Waals surface area contributed by atoms with Crippen LogP contribution >= 0.6 is 0 Å². The van der Waals surface area contributed by atoms with E-state index in [0.29, 0.717) is 11.1 Å². The van der Waals surface area contributed by atoms with Crippen molar-refractivity contribution in [3.8, 4) is 11.1 Å². The third-order valence-corrected chi connectivity index (χ3v) is 1.91. The van der Waals surface area contributed by atoms with Gasteiger partial charge in [0, 0.05) is 11.1 Å². The molecule has 2 rings (SSSR count). The lowest BCUT2D eigenvalue weighted by atomic mass is 10.1. The van der Waals surface area contributed by atoms with Crippen LogP contribution in [0.3, 0.4) is 0 Å². The Morgan fingerprint density at radius 2 is 1.86 bits per heavy atom. The van der Waals surface area contributed by atoms with Crippen LogP contribution in [0.4, 0.5) is 10.2 Å². The molecule has 0 saturated carbocycles. The maximum absolute atomic E-state index is 13.4. The Bertz CT molecular complexity index is 413. The minimum atomic E-state index is -0.313. The van der Waals surface area contributed by atoms with E-state index in [-0.39, 0.29) is 11.6 Å². The van der Waals surface area contributed by atoms with Crippen LogP contribution in [0.2, 0.25) is 0 Å². The molecule has 0 fully saturated rings. The van der Waals surface area contributed by atoms with Crippen molar-refractivity contribution in [3.63, 3.8) is 0 Å². The van der Waals surface area contributed by atoms with Crippen molar-refractivity contribution in [2.75, 3.05) is 5.73 Å². The third-order valence-electron chi connectivity index (χ3n) is 1.91. The molecular formula is C10H8FN3. The van der Waals surface area contributed by atoms with E-state index in [1.54, 1.807) is 24.3 Å². The number of hydrogen-bond acceptors (Lipinski definition) is 3. The van der Waals surface area contributed by atoms with E-state index < -0.39 is 0 Å². The van der Waals surface area contributed by atoms with Gasteiger partial charge < -0.3 is 5.73 Å². The van der Waals surface area contributed by atoms with Crippen molar-refractivity contribution in [1.29, 1.82) is 0 Å². The van der Waals surface area contributed by atoms with Crippen LogP contribution in [0.25, 0.3) is 11.1 Å². The van der Waals surface area contributed by atoms with Crippen molar-refractivity contribution in [2.45, 2.75) is 0 Å². The van der Waals surface area contributed by atoms with Crippen molar-refractivity contribution in [2.24, 2.45) is 0 Å². The largest absolute Gasteiger partial charge is 0.382 e. The highest BCUT2D eigenvalue weighted by molar-refractivity contribution is 5.73. The second-order valence-corrected chi connectivity index (χ2v) is 2.81. The first kappa shape index (κ1) is 8.62. The number of aromatic nitrogens is 2. The highest BCUT2D eigenvalue weighted by atomic mass is 19.1. The first-order valence-corrected chi connectivity index (χ1v) is 4.11. The van der Waals surface area contributed by atoms with E-state index in [1.165, 1.54) is 12.3 Å². The van der Waals surface area contributed by atoms with Crippen molar-refractivity contribution in [1.82, 2.24) is 10.2 Å². The quantitative estimate of drug-likeness (QED) is 0.744. The van der Waals surface area contributed by atoms with Gasteiger partial charge in [0.15, 0.2) is 5.82 Å². The number of anilines is 1. The van der Waals surface area contributed by atoms with Crippen LogP contribution < -0.4 is 5.73 Å². The Morgan fingerprint density at radius 3 is 2.57 bits per heavy atom. The molecule has 0 saturated heterocycles.